The molecule has 0 fully saturated rings. The highest BCUT2D eigenvalue weighted by Gasteiger charge is 2.43. The molecule has 0 aliphatic carbocycles. The van der Waals surface area contributed by atoms with Crippen molar-refractivity contribution in [2.75, 3.05) is 0 Å². The molecule has 0 spiro atoms. The van der Waals surface area contributed by atoms with Crippen LogP contribution in [-0.2, 0) is 33.5 Å². The summed E-state index contributed by atoms with van der Waals surface area (Å²) in [6.07, 6.45) is 4.26. The number of hydrogen-bond donors (Lipinski definition) is 3. The molecular formula is C31H39N5O3. The van der Waals surface area contributed by atoms with Gasteiger partial charge in [0.05, 0.1) is 23.0 Å². The number of nitrogens with one attached hydrogen (secondary N) is 2. The van der Waals surface area contributed by atoms with E-state index in [0.29, 0.717) is 17.5 Å². The third-order valence-electron chi connectivity index (χ3n) is 8.02. The van der Waals surface area contributed by atoms with Crippen molar-refractivity contribution in [1.82, 2.24) is 20.4 Å². The van der Waals surface area contributed by atoms with Crippen LogP contribution in [0.2, 0.25) is 0 Å². The van der Waals surface area contributed by atoms with Gasteiger partial charge in [-0.15, -0.1) is 0 Å². The molecule has 1 aliphatic rings. The average Bonchev–Trinajstić information content (AvgIpc) is 3.37. The van der Waals surface area contributed by atoms with Gasteiger partial charge in [0.2, 0.25) is 5.91 Å². The minimum Gasteiger partial charge on any atom is -0.368 e. The van der Waals surface area contributed by atoms with E-state index in [1.165, 1.54) is 12.5 Å². The van der Waals surface area contributed by atoms with E-state index in [1.54, 1.807) is 6.20 Å². The van der Waals surface area contributed by atoms with Crippen molar-refractivity contribution in [3.63, 3.8) is 0 Å². The number of fused-ring (bicyclic) bond motifs is 1. The van der Waals surface area contributed by atoms with Gasteiger partial charge in [0, 0.05) is 0 Å². The summed E-state index contributed by atoms with van der Waals surface area (Å²) in [4.78, 5) is 39.5. The standard InChI is InChI=1S/C31H39N5O3/c1-6-21-13-15-24(16-14-21)31(7-2,29(39)34-20(3)27(32)37)35-28(38)25-19-33-36-26(25)17-23(18-30(36,4)5)22-11-9-8-10-12-22/h8-16,19-20,23H,6-7,17-18H2,1-5H3,(H2,32,37)(H,34,39)(H,35,38)/t20?,23-,31?/m0/s1. The highest BCUT2D eigenvalue weighted by atomic mass is 16.2. The summed E-state index contributed by atoms with van der Waals surface area (Å²) < 4.78 is 1.94. The lowest BCUT2D eigenvalue weighted by atomic mass is 9.79. The Balaban J connectivity index is 1.73. The number of amides is 3. The van der Waals surface area contributed by atoms with Crippen LogP contribution in [-0.4, -0.2) is 33.5 Å². The maximum absolute atomic E-state index is 14.0. The molecule has 3 aromatic rings. The van der Waals surface area contributed by atoms with E-state index in [2.05, 4.69) is 48.6 Å². The first-order chi connectivity index (χ1) is 18.5. The SMILES string of the molecule is CCc1ccc(C(CC)(NC(=O)c2cnn3c2C[C@H](c2ccccc2)CC3(C)C)C(=O)NC(C)C(N)=O)cc1. The Morgan fingerprint density at radius 3 is 2.36 bits per heavy atom. The van der Waals surface area contributed by atoms with Gasteiger partial charge < -0.3 is 16.4 Å². The second kappa shape index (κ2) is 11.0. The second-order valence-corrected chi connectivity index (χ2v) is 11.1. The minimum atomic E-state index is -1.41. The Bertz CT molecular complexity index is 1350. The van der Waals surface area contributed by atoms with Gasteiger partial charge >= 0.3 is 0 Å². The molecule has 0 saturated carbocycles. The second-order valence-electron chi connectivity index (χ2n) is 11.1. The maximum atomic E-state index is 14.0. The Morgan fingerprint density at radius 2 is 1.77 bits per heavy atom. The molecule has 0 bridgehead atoms. The summed E-state index contributed by atoms with van der Waals surface area (Å²) in [5.41, 5.74) is 7.99. The van der Waals surface area contributed by atoms with Gasteiger partial charge in [-0.2, -0.15) is 5.10 Å². The van der Waals surface area contributed by atoms with Gasteiger partial charge in [-0.3, -0.25) is 19.1 Å². The number of primary amides is 1. The number of hydrogen-bond acceptors (Lipinski definition) is 4. The van der Waals surface area contributed by atoms with Crippen LogP contribution in [0.5, 0.6) is 0 Å². The molecule has 0 saturated heterocycles. The largest absolute Gasteiger partial charge is 0.368 e. The minimum absolute atomic E-state index is 0.231. The molecule has 2 unspecified atom stereocenters. The summed E-state index contributed by atoms with van der Waals surface area (Å²) in [5.74, 6) is -1.29. The first-order valence-corrected chi connectivity index (χ1v) is 13.7. The third kappa shape index (κ3) is 5.46. The zero-order valence-corrected chi connectivity index (χ0v) is 23.5. The van der Waals surface area contributed by atoms with Crippen LogP contribution < -0.4 is 16.4 Å². The molecule has 4 N–H and O–H groups in total. The first-order valence-electron chi connectivity index (χ1n) is 13.7. The van der Waals surface area contributed by atoms with E-state index in [1.807, 2.05) is 54.1 Å². The van der Waals surface area contributed by atoms with Gasteiger partial charge in [0.25, 0.3) is 11.8 Å². The number of aryl methyl sites for hydroxylation is 1. The van der Waals surface area contributed by atoms with Gasteiger partial charge in [-0.1, -0.05) is 68.4 Å². The zero-order valence-electron chi connectivity index (χ0n) is 23.5. The van der Waals surface area contributed by atoms with Gasteiger partial charge in [0.1, 0.15) is 11.6 Å². The predicted molar refractivity (Wildman–Crippen MR) is 151 cm³/mol. The fourth-order valence-corrected chi connectivity index (χ4v) is 5.63. The van der Waals surface area contributed by atoms with Crippen molar-refractivity contribution >= 4 is 17.7 Å². The quantitative estimate of drug-likeness (QED) is 0.389. The smallest absolute Gasteiger partial charge is 0.255 e. The fraction of sp³-hybridized carbons (Fsp3) is 0.419. The van der Waals surface area contributed by atoms with Crippen molar-refractivity contribution in [2.45, 2.75) is 83.3 Å². The average molecular weight is 530 g/mol. The number of nitrogens with zero attached hydrogens (tertiary/aromatic N) is 2. The summed E-state index contributed by atoms with van der Waals surface area (Å²) in [6, 6.07) is 17.0. The molecule has 8 heteroatoms. The van der Waals surface area contributed by atoms with Crippen molar-refractivity contribution < 1.29 is 14.4 Å². The normalized spacial score (nSPS) is 18.3. The molecule has 1 aromatic heterocycles. The third-order valence-corrected chi connectivity index (χ3v) is 8.02. The summed E-state index contributed by atoms with van der Waals surface area (Å²) in [5, 5.41) is 10.4. The molecule has 206 valence electrons. The van der Waals surface area contributed by atoms with Crippen LogP contribution in [0.3, 0.4) is 0 Å². The molecule has 3 atom stereocenters. The Hall–Kier alpha value is -3.94. The number of nitrogens with two attached hydrogens (primary N) is 1. The van der Waals surface area contributed by atoms with E-state index in [4.69, 9.17) is 5.73 Å². The van der Waals surface area contributed by atoms with E-state index in [9.17, 15) is 14.4 Å². The Kier molecular flexibility index (Phi) is 7.95. The number of carbonyl (C=O) groups is 3. The summed E-state index contributed by atoms with van der Waals surface area (Å²) in [6.45, 7) is 9.68. The fourth-order valence-electron chi connectivity index (χ4n) is 5.63. The van der Waals surface area contributed by atoms with Crippen molar-refractivity contribution in [1.29, 1.82) is 0 Å². The van der Waals surface area contributed by atoms with Crippen LogP contribution >= 0.6 is 0 Å². The molecule has 8 nitrogen and oxygen atoms in total. The van der Waals surface area contributed by atoms with Crippen LogP contribution in [0.4, 0.5) is 0 Å². The highest BCUT2D eigenvalue weighted by molar-refractivity contribution is 6.01. The molecule has 2 heterocycles. The Labute approximate surface area is 230 Å². The van der Waals surface area contributed by atoms with Gasteiger partial charge in [0.15, 0.2) is 0 Å². The van der Waals surface area contributed by atoms with E-state index < -0.39 is 23.4 Å². The van der Waals surface area contributed by atoms with Crippen LogP contribution in [0.25, 0.3) is 0 Å². The lowest BCUT2D eigenvalue weighted by Crippen LogP contribution is -2.59. The number of carbonyl (C=O) groups excluding carboxylic acids is 3. The van der Waals surface area contributed by atoms with Crippen LogP contribution in [0, 0.1) is 0 Å². The molecule has 1 aliphatic heterocycles. The van der Waals surface area contributed by atoms with E-state index >= 15 is 0 Å². The van der Waals surface area contributed by atoms with E-state index in [0.717, 1.165) is 24.1 Å². The number of rotatable bonds is 9. The molecule has 0 radical (unpaired) electrons. The Morgan fingerprint density at radius 1 is 1.10 bits per heavy atom. The zero-order chi connectivity index (χ0) is 28.4. The van der Waals surface area contributed by atoms with E-state index in [-0.39, 0.29) is 23.8 Å². The molecule has 3 amide bonds. The van der Waals surface area contributed by atoms with Gasteiger partial charge in [-0.25, -0.2) is 0 Å². The molecule has 39 heavy (non-hydrogen) atoms. The topological polar surface area (TPSA) is 119 Å². The summed E-state index contributed by atoms with van der Waals surface area (Å²) in [7, 11) is 0. The molecule has 2 aromatic carbocycles. The number of benzene rings is 2. The molecular weight excluding hydrogens is 490 g/mol. The number of aromatic nitrogens is 2. The summed E-state index contributed by atoms with van der Waals surface area (Å²) >= 11 is 0. The monoisotopic (exact) mass is 529 g/mol. The van der Waals surface area contributed by atoms with Crippen molar-refractivity contribution in [3.05, 3.63) is 88.7 Å². The van der Waals surface area contributed by atoms with Crippen LogP contribution in [0.1, 0.15) is 86.1 Å². The highest BCUT2D eigenvalue weighted by Crippen LogP contribution is 2.40. The first kappa shape index (κ1) is 28.1. The molecule has 4 rings (SSSR count). The lowest BCUT2D eigenvalue weighted by molar-refractivity contribution is -0.131. The van der Waals surface area contributed by atoms with Crippen molar-refractivity contribution in [2.24, 2.45) is 5.73 Å². The predicted octanol–water partition coefficient (Wildman–Crippen LogP) is 3.94. The van der Waals surface area contributed by atoms with Crippen LogP contribution in [0.15, 0.2) is 60.8 Å². The lowest BCUT2D eigenvalue weighted by Gasteiger charge is -2.38. The van der Waals surface area contributed by atoms with Gasteiger partial charge in [-0.05, 0) is 69.1 Å². The van der Waals surface area contributed by atoms with Crippen molar-refractivity contribution in [3.8, 4) is 0 Å². The maximum Gasteiger partial charge on any atom is 0.255 e.